The fourth-order valence-electron chi connectivity index (χ4n) is 6.01. The minimum Gasteiger partial charge on any atom is -0.465 e. The van der Waals surface area contributed by atoms with E-state index in [0.717, 1.165) is 25.7 Å². The van der Waals surface area contributed by atoms with E-state index in [1.807, 2.05) is 4.90 Å². The van der Waals surface area contributed by atoms with Gasteiger partial charge in [-0.3, -0.25) is 10.2 Å². The number of piperidine rings is 2. The van der Waals surface area contributed by atoms with Crippen LogP contribution >= 0.6 is 0 Å². The van der Waals surface area contributed by atoms with Gasteiger partial charge in [0.15, 0.2) is 0 Å². The Morgan fingerprint density at radius 1 is 1.31 bits per heavy atom. The molecule has 2 bridgehead atoms. The number of nitrogens with one attached hydrogen (secondary N) is 1. The van der Waals surface area contributed by atoms with Gasteiger partial charge in [-0.25, -0.2) is 14.0 Å². The summed E-state index contributed by atoms with van der Waals surface area (Å²) in [6.07, 6.45) is 1.77. The molecule has 1 aromatic rings. The Morgan fingerprint density at radius 3 is 2.78 bits per heavy atom. The van der Waals surface area contributed by atoms with E-state index in [4.69, 9.17) is 4.74 Å². The van der Waals surface area contributed by atoms with Crippen LogP contribution in [-0.4, -0.2) is 64.2 Å². The number of aliphatic hydroxyl groups is 1. The summed E-state index contributed by atoms with van der Waals surface area (Å²) in [5.74, 6) is -0.431. The maximum absolute atomic E-state index is 15.0. The summed E-state index contributed by atoms with van der Waals surface area (Å²) in [6, 6.07) is 4.42. The molecule has 1 aromatic carbocycles. The molecule has 4 atom stereocenters. The van der Waals surface area contributed by atoms with Crippen molar-refractivity contribution in [2.24, 2.45) is 5.92 Å². The van der Waals surface area contributed by atoms with Crippen molar-refractivity contribution in [3.63, 3.8) is 0 Å². The highest BCUT2D eigenvalue weighted by Crippen LogP contribution is 2.51. The molecule has 3 N–H and O–H groups in total. The second kappa shape index (κ2) is 8.77. The summed E-state index contributed by atoms with van der Waals surface area (Å²) in [5, 5.41) is 22.9. The van der Waals surface area contributed by atoms with Gasteiger partial charge in [0.05, 0.1) is 23.4 Å². The van der Waals surface area contributed by atoms with Crippen molar-refractivity contribution in [2.45, 2.75) is 76.2 Å². The zero-order chi connectivity index (χ0) is 23.0. The topological polar surface area (TPSA) is 102 Å². The van der Waals surface area contributed by atoms with Crippen LogP contribution in [0.4, 0.5) is 25.4 Å². The lowest BCUT2D eigenvalue weighted by atomic mass is 9.72. The second-order valence-corrected chi connectivity index (χ2v) is 9.57. The van der Waals surface area contributed by atoms with Crippen molar-refractivity contribution in [3.05, 3.63) is 24.0 Å². The monoisotopic (exact) mass is 449 g/mol. The first-order valence-corrected chi connectivity index (χ1v) is 11.4. The molecule has 0 aliphatic carbocycles. The van der Waals surface area contributed by atoms with Crippen molar-refractivity contribution >= 4 is 23.6 Å². The molecule has 3 fully saturated rings. The zero-order valence-electron chi connectivity index (χ0n) is 18.6. The van der Waals surface area contributed by atoms with E-state index in [-0.39, 0.29) is 18.1 Å². The number of carboxylic acid groups (broad SMARTS) is 1. The third-order valence-electron chi connectivity index (χ3n) is 7.15. The van der Waals surface area contributed by atoms with Crippen molar-refractivity contribution in [2.75, 3.05) is 23.3 Å². The largest absolute Gasteiger partial charge is 0.465 e. The molecular weight excluding hydrogens is 417 g/mol. The molecule has 0 aromatic heterocycles. The Bertz CT molecular complexity index is 881. The first-order valence-electron chi connectivity index (χ1n) is 11.4. The molecule has 3 saturated heterocycles. The number of amides is 2. The van der Waals surface area contributed by atoms with E-state index >= 15 is 0 Å². The summed E-state index contributed by atoms with van der Waals surface area (Å²) in [6.45, 7) is 4.67. The van der Waals surface area contributed by atoms with E-state index in [1.54, 1.807) is 30.9 Å². The van der Waals surface area contributed by atoms with Crippen molar-refractivity contribution in [3.8, 4) is 0 Å². The van der Waals surface area contributed by atoms with Crippen LogP contribution in [0.5, 0.6) is 0 Å². The molecule has 32 heavy (non-hydrogen) atoms. The Kier molecular flexibility index (Phi) is 6.20. The summed E-state index contributed by atoms with van der Waals surface area (Å²) >= 11 is 0. The third-order valence-corrected chi connectivity index (χ3v) is 7.15. The molecule has 3 aliphatic heterocycles. The van der Waals surface area contributed by atoms with Crippen molar-refractivity contribution < 1.29 is 28.9 Å². The average molecular weight is 450 g/mol. The fourth-order valence-corrected chi connectivity index (χ4v) is 6.01. The predicted molar refractivity (Wildman–Crippen MR) is 117 cm³/mol. The number of fused-ring (bicyclic) bond motifs is 2. The summed E-state index contributed by atoms with van der Waals surface area (Å²) in [5.41, 5.74) is 0.155. The highest BCUT2D eigenvalue weighted by molar-refractivity contribution is 5.85. The first-order chi connectivity index (χ1) is 15.2. The number of hydrogen-bond acceptors (Lipinski definition) is 5. The number of carbonyl (C=O) groups excluding carboxylic acids is 1. The van der Waals surface area contributed by atoms with E-state index in [9.17, 15) is 24.2 Å². The number of halogens is 1. The number of carbonyl (C=O) groups is 2. The molecule has 0 spiro atoms. The molecule has 3 aliphatic rings. The minimum absolute atomic E-state index is 0.0190. The Labute approximate surface area is 187 Å². The number of benzene rings is 1. The first kappa shape index (κ1) is 22.6. The maximum atomic E-state index is 15.0. The fraction of sp³-hybridized carbons (Fsp3) is 0.652. The molecule has 8 nitrogen and oxygen atoms in total. The molecule has 3 heterocycles. The maximum Gasteiger partial charge on any atom is 0.411 e. The molecule has 0 saturated carbocycles. The highest BCUT2D eigenvalue weighted by Gasteiger charge is 2.57. The summed E-state index contributed by atoms with van der Waals surface area (Å²) in [4.78, 5) is 27.4. The van der Waals surface area contributed by atoms with Gasteiger partial charge in [-0.05, 0) is 70.6 Å². The normalized spacial score (nSPS) is 29.8. The van der Waals surface area contributed by atoms with Gasteiger partial charge in [0.1, 0.15) is 5.82 Å². The number of nitrogens with zero attached hydrogens (tertiary/aromatic N) is 2. The Balaban J connectivity index is 1.52. The van der Waals surface area contributed by atoms with Crippen molar-refractivity contribution in [1.82, 2.24) is 4.90 Å². The quantitative estimate of drug-likeness (QED) is 0.641. The Hall–Kier alpha value is -2.55. The summed E-state index contributed by atoms with van der Waals surface area (Å²) in [7, 11) is 0. The third kappa shape index (κ3) is 4.22. The minimum atomic E-state index is -0.925. The van der Waals surface area contributed by atoms with Crippen LogP contribution in [0.25, 0.3) is 0 Å². The van der Waals surface area contributed by atoms with E-state index < -0.39 is 29.6 Å². The predicted octanol–water partition coefficient (Wildman–Crippen LogP) is 4.03. The van der Waals surface area contributed by atoms with Crippen LogP contribution < -0.4 is 10.2 Å². The molecule has 176 valence electrons. The SMILES string of the molecule is CC(C)OC(=O)Nc1ccc(N2CCCC(C34CCC(CC(O)C3)N4C(=O)O)C2)c(F)c1. The van der Waals surface area contributed by atoms with Gasteiger partial charge in [-0.2, -0.15) is 0 Å². The second-order valence-electron chi connectivity index (χ2n) is 9.57. The zero-order valence-corrected chi connectivity index (χ0v) is 18.6. The van der Waals surface area contributed by atoms with Gasteiger partial charge in [0.25, 0.3) is 0 Å². The van der Waals surface area contributed by atoms with E-state index in [0.29, 0.717) is 37.3 Å². The number of rotatable bonds is 4. The molecule has 2 amide bonds. The number of ether oxygens (including phenoxy) is 1. The van der Waals surface area contributed by atoms with Gasteiger partial charge < -0.3 is 19.8 Å². The highest BCUT2D eigenvalue weighted by atomic mass is 19.1. The van der Waals surface area contributed by atoms with Crippen LogP contribution in [-0.2, 0) is 4.74 Å². The van der Waals surface area contributed by atoms with Crippen LogP contribution in [0, 0.1) is 11.7 Å². The Morgan fingerprint density at radius 2 is 2.09 bits per heavy atom. The smallest absolute Gasteiger partial charge is 0.411 e. The van der Waals surface area contributed by atoms with Gasteiger partial charge in [0.2, 0.25) is 0 Å². The van der Waals surface area contributed by atoms with Crippen molar-refractivity contribution in [1.29, 1.82) is 0 Å². The van der Waals surface area contributed by atoms with E-state index in [2.05, 4.69) is 5.32 Å². The molecular formula is C23H32FN3O5. The van der Waals surface area contributed by atoms with Gasteiger partial charge in [-0.15, -0.1) is 0 Å². The average Bonchev–Trinajstić information content (AvgIpc) is 2.97. The number of hydrogen-bond donors (Lipinski definition) is 3. The lowest BCUT2D eigenvalue weighted by Crippen LogP contribution is -2.62. The van der Waals surface area contributed by atoms with Gasteiger partial charge >= 0.3 is 12.2 Å². The van der Waals surface area contributed by atoms with Crippen LogP contribution in [0.3, 0.4) is 0 Å². The van der Waals surface area contributed by atoms with Crippen LogP contribution in [0.2, 0.25) is 0 Å². The summed E-state index contributed by atoms with van der Waals surface area (Å²) < 4.78 is 20.0. The number of aliphatic hydroxyl groups excluding tert-OH is 1. The standard InChI is InChI=1S/C23H32FN3O5/c1-14(2)32-21(29)25-16-5-6-20(19(24)10-16)26-9-3-4-15(13-26)23-8-7-17(11-18(28)12-23)27(23)22(30)31/h5-6,10,14-15,17-18,28H,3-4,7-9,11-13H2,1-2H3,(H,25,29)(H,30,31). The molecule has 0 radical (unpaired) electrons. The van der Waals surface area contributed by atoms with Crippen LogP contribution in [0.15, 0.2) is 18.2 Å². The number of anilines is 2. The molecule has 4 unspecified atom stereocenters. The van der Waals surface area contributed by atoms with Crippen LogP contribution in [0.1, 0.15) is 52.4 Å². The molecule has 4 rings (SSSR count). The lowest BCUT2D eigenvalue weighted by molar-refractivity contribution is -0.0390. The van der Waals surface area contributed by atoms with Gasteiger partial charge in [-0.1, -0.05) is 0 Å². The lowest BCUT2D eigenvalue weighted by Gasteiger charge is -2.52. The van der Waals surface area contributed by atoms with E-state index in [1.165, 1.54) is 6.07 Å². The molecule has 9 heteroatoms. The van der Waals surface area contributed by atoms with Gasteiger partial charge in [0, 0.05) is 30.7 Å².